The number of hydrogen-bond donors (Lipinski definition) is 1. The highest BCUT2D eigenvalue weighted by Gasteiger charge is 2.31. The number of thiazole rings is 1. The molecule has 1 unspecified atom stereocenters. The van der Waals surface area contributed by atoms with Crippen LogP contribution in [0.5, 0.6) is 0 Å². The maximum Gasteiger partial charge on any atom is 0.416 e. The molecule has 1 aliphatic heterocycles. The van der Waals surface area contributed by atoms with Crippen LogP contribution in [0.25, 0.3) is 10.2 Å². The lowest BCUT2D eigenvalue weighted by Crippen LogP contribution is -2.26. The Morgan fingerprint density at radius 1 is 1.26 bits per heavy atom. The predicted molar refractivity (Wildman–Crippen MR) is 69.2 cm³/mol. The summed E-state index contributed by atoms with van der Waals surface area (Å²) >= 11 is 1.48. The Balaban J connectivity index is 1.96. The van der Waals surface area contributed by atoms with Crippen molar-refractivity contribution in [2.75, 3.05) is 6.54 Å². The third-order valence-corrected chi connectivity index (χ3v) is 4.49. The number of alkyl halides is 3. The molecule has 0 saturated carbocycles. The fraction of sp³-hybridized carbons (Fsp3) is 0.462. The van der Waals surface area contributed by atoms with E-state index >= 15 is 0 Å². The van der Waals surface area contributed by atoms with E-state index in [9.17, 15) is 13.2 Å². The molecule has 0 bridgehead atoms. The molecule has 6 heteroatoms. The van der Waals surface area contributed by atoms with Crippen molar-refractivity contribution < 1.29 is 13.2 Å². The van der Waals surface area contributed by atoms with Crippen LogP contribution in [0.3, 0.4) is 0 Å². The van der Waals surface area contributed by atoms with Gasteiger partial charge in [0.25, 0.3) is 0 Å². The summed E-state index contributed by atoms with van der Waals surface area (Å²) in [7, 11) is 0. The van der Waals surface area contributed by atoms with Crippen LogP contribution in [0, 0.1) is 0 Å². The van der Waals surface area contributed by atoms with Crippen molar-refractivity contribution in [3.8, 4) is 0 Å². The maximum absolute atomic E-state index is 12.6. The minimum absolute atomic E-state index is 0.195. The second kappa shape index (κ2) is 4.76. The Kier molecular flexibility index (Phi) is 3.22. The normalized spacial score (nSPS) is 20.9. The molecule has 1 aromatic carbocycles. The Morgan fingerprint density at radius 3 is 2.79 bits per heavy atom. The van der Waals surface area contributed by atoms with E-state index < -0.39 is 11.7 Å². The molecular weight excluding hydrogens is 273 g/mol. The molecule has 2 heterocycles. The van der Waals surface area contributed by atoms with Gasteiger partial charge in [-0.15, -0.1) is 11.3 Å². The number of halogens is 3. The molecular formula is C13H13F3N2S. The van der Waals surface area contributed by atoms with Gasteiger partial charge in [0.1, 0.15) is 5.01 Å². The average Bonchev–Trinajstić information content (AvgIpc) is 2.81. The van der Waals surface area contributed by atoms with E-state index in [0.717, 1.165) is 47.6 Å². The first kappa shape index (κ1) is 12.9. The van der Waals surface area contributed by atoms with Gasteiger partial charge in [0, 0.05) is 0 Å². The number of fused-ring (bicyclic) bond motifs is 1. The first-order chi connectivity index (χ1) is 9.04. The molecule has 2 nitrogen and oxygen atoms in total. The van der Waals surface area contributed by atoms with E-state index in [2.05, 4.69) is 10.3 Å². The lowest BCUT2D eigenvalue weighted by Gasteiger charge is -2.20. The number of nitrogens with zero attached hydrogens (tertiary/aromatic N) is 1. The molecule has 19 heavy (non-hydrogen) atoms. The Hall–Kier alpha value is -1.14. The molecule has 0 aliphatic carbocycles. The van der Waals surface area contributed by atoms with E-state index in [1.54, 1.807) is 0 Å². The highest BCUT2D eigenvalue weighted by atomic mass is 32.1. The summed E-state index contributed by atoms with van der Waals surface area (Å²) in [6.45, 7) is 0.953. The second-order valence-electron chi connectivity index (χ2n) is 4.73. The fourth-order valence-electron chi connectivity index (χ4n) is 2.33. The van der Waals surface area contributed by atoms with Crippen LogP contribution in [0.1, 0.15) is 35.9 Å². The van der Waals surface area contributed by atoms with Crippen LogP contribution in [0.4, 0.5) is 13.2 Å². The summed E-state index contributed by atoms with van der Waals surface area (Å²) in [5.41, 5.74) is -0.185. The largest absolute Gasteiger partial charge is 0.416 e. The zero-order valence-electron chi connectivity index (χ0n) is 10.1. The summed E-state index contributed by atoms with van der Waals surface area (Å²) < 4.78 is 38.7. The highest BCUT2D eigenvalue weighted by molar-refractivity contribution is 7.18. The maximum atomic E-state index is 12.6. The number of aromatic nitrogens is 1. The quantitative estimate of drug-likeness (QED) is 0.852. The van der Waals surface area contributed by atoms with Gasteiger partial charge in [-0.1, -0.05) is 6.42 Å². The number of piperidine rings is 1. The SMILES string of the molecule is FC(F)(F)c1ccc2sc(C3CCCCN3)nc2c1. The van der Waals surface area contributed by atoms with Gasteiger partial charge in [0.15, 0.2) is 0 Å². The van der Waals surface area contributed by atoms with Crippen molar-refractivity contribution in [3.05, 3.63) is 28.8 Å². The molecule has 0 amide bonds. The smallest absolute Gasteiger partial charge is 0.308 e. The monoisotopic (exact) mass is 286 g/mol. The van der Waals surface area contributed by atoms with Crippen molar-refractivity contribution in [2.24, 2.45) is 0 Å². The van der Waals surface area contributed by atoms with Gasteiger partial charge in [0.05, 0.1) is 21.8 Å². The summed E-state index contributed by atoms with van der Waals surface area (Å²) in [5, 5.41) is 4.26. The molecule has 102 valence electrons. The van der Waals surface area contributed by atoms with Gasteiger partial charge in [-0.2, -0.15) is 13.2 Å². The van der Waals surface area contributed by atoms with Gasteiger partial charge in [-0.05, 0) is 37.6 Å². The topological polar surface area (TPSA) is 24.9 Å². The lowest BCUT2D eigenvalue weighted by atomic mass is 10.1. The first-order valence-electron chi connectivity index (χ1n) is 6.25. The first-order valence-corrected chi connectivity index (χ1v) is 7.07. The van der Waals surface area contributed by atoms with Crippen LogP contribution in [0.2, 0.25) is 0 Å². The molecule has 2 aromatic rings. The summed E-state index contributed by atoms with van der Waals surface area (Å²) in [4.78, 5) is 4.37. The molecule has 0 spiro atoms. The molecule has 1 atom stereocenters. The van der Waals surface area contributed by atoms with Crippen molar-refractivity contribution in [2.45, 2.75) is 31.5 Å². The molecule has 0 radical (unpaired) electrons. The van der Waals surface area contributed by atoms with E-state index in [-0.39, 0.29) is 6.04 Å². The zero-order chi connectivity index (χ0) is 13.5. The molecule has 3 rings (SSSR count). The number of nitrogens with one attached hydrogen (secondary N) is 1. The lowest BCUT2D eigenvalue weighted by molar-refractivity contribution is -0.137. The van der Waals surface area contributed by atoms with Crippen molar-refractivity contribution in [1.82, 2.24) is 10.3 Å². The summed E-state index contributed by atoms with van der Waals surface area (Å²) in [5.74, 6) is 0. The highest BCUT2D eigenvalue weighted by Crippen LogP contribution is 2.35. The second-order valence-corrected chi connectivity index (χ2v) is 5.80. The Bertz CT molecular complexity index is 585. The number of rotatable bonds is 1. The Morgan fingerprint density at radius 2 is 2.11 bits per heavy atom. The molecule has 1 saturated heterocycles. The zero-order valence-corrected chi connectivity index (χ0v) is 10.9. The van der Waals surface area contributed by atoms with E-state index in [0.29, 0.717) is 5.52 Å². The van der Waals surface area contributed by atoms with Gasteiger partial charge in [-0.25, -0.2) is 4.98 Å². The molecule has 1 aliphatic rings. The summed E-state index contributed by atoms with van der Waals surface area (Å²) in [6.07, 6.45) is -1.01. The van der Waals surface area contributed by atoms with Crippen LogP contribution < -0.4 is 5.32 Å². The van der Waals surface area contributed by atoms with Gasteiger partial charge >= 0.3 is 6.18 Å². The minimum Gasteiger partial charge on any atom is -0.308 e. The van der Waals surface area contributed by atoms with Crippen LogP contribution >= 0.6 is 11.3 Å². The fourth-order valence-corrected chi connectivity index (χ4v) is 3.39. The third kappa shape index (κ3) is 2.60. The van der Waals surface area contributed by atoms with Crippen LogP contribution in [-0.2, 0) is 6.18 Å². The molecule has 1 fully saturated rings. The number of hydrogen-bond acceptors (Lipinski definition) is 3. The third-order valence-electron chi connectivity index (χ3n) is 3.34. The minimum atomic E-state index is -4.30. The van der Waals surface area contributed by atoms with Gasteiger partial charge in [-0.3, -0.25) is 0 Å². The van der Waals surface area contributed by atoms with Gasteiger partial charge < -0.3 is 5.32 Å². The van der Waals surface area contributed by atoms with Crippen LogP contribution in [0.15, 0.2) is 18.2 Å². The van der Waals surface area contributed by atoms with E-state index in [4.69, 9.17) is 0 Å². The van der Waals surface area contributed by atoms with E-state index in [1.165, 1.54) is 17.4 Å². The Labute approximate surface area is 112 Å². The van der Waals surface area contributed by atoms with Crippen molar-refractivity contribution in [1.29, 1.82) is 0 Å². The standard InChI is InChI=1S/C13H13F3N2S/c14-13(15,16)8-4-5-11-10(7-8)18-12(19-11)9-3-1-2-6-17-9/h4-5,7,9,17H,1-3,6H2. The number of benzene rings is 1. The molecule has 1 N–H and O–H groups in total. The van der Waals surface area contributed by atoms with Gasteiger partial charge in [0.2, 0.25) is 0 Å². The molecule has 1 aromatic heterocycles. The average molecular weight is 286 g/mol. The van der Waals surface area contributed by atoms with Crippen LogP contribution in [-0.4, -0.2) is 11.5 Å². The van der Waals surface area contributed by atoms with E-state index in [1.807, 2.05) is 0 Å². The predicted octanol–water partition coefficient (Wildman–Crippen LogP) is 4.13. The van der Waals surface area contributed by atoms with Crippen molar-refractivity contribution >= 4 is 21.6 Å². The van der Waals surface area contributed by atoms with Crippen molar-refractivity contribution in [3.63, 3.8) is 0 Å². The summed E-state index contributed by atoms with van der Waals surface area (Å²) in [6, 6.07) is 3.97.